The van der Waals surface area contributed by atoms with E-state index in [0.29, 0.717) is 0 Å². The molecule has 1 atom stereocenters. The second-order valence-corrected chi connectivity index (χ2v) is 5.42. The van der Waals surface area contributed by atoms with Gasteiger partial charge in [-0.05, 0) is 42.6 Å². The van der Waals surface area contributed by atoms with Gasteiger partial charge in [0.25, 0.3) is 0 Å². The minimum atomic E-state index is 0.0146. The molecule has 102 valence electrons. The van der Waals surface area contributed by atoms with E-state index < -0.39 is 0 Å². The predicted octanol–water partition coefficient (Wildman–Crippen LogP) is 2.14. The summed E-state index contributed by atoms with van der Waals surface area (Å²) in [5.41, 5.74) is 6.01. The Balaban J connectivity index is 1.98. The Hall–Kier alpha value is -1.89. The van der Waals surface area contributed by atoms with Crippen molar-refractivity contribution in [3.63, 3.8) is 0 Å². The molecule has 0 aliphatic carbocycles. The SMILES string of the molecule is Cc1nnsc1C(Cc1ccnc2ccccc12)NN. The van der Waals surface area contributed by atoms with E-state index in [0.717, 1.165) is 27.9 Å². The van der Waals surface area contributed by atoms with Crippen LogP contribution < -0.4 is 11.3 Å². The first-order valence-electron chi connectivity index (χ1n) is 6.37. The molecule has 0 saturated carbocycles. The Morgan fingerprint density at radius 1 is 1.30 bits per heavy atom. The molecule has 1 aromatic carbocycles. The highest BCUT2D eigenvalue weighted by molar-refractivity contribution is 7.05. The zero-order chi connectivity index (χ0) is 13.9. The van der Waals surface area contributed by atoms with Crippen LogP contribution in [0.15, 0.2) is 36.5 Å². The van der Waals surface area contributed by atoms with Crippen LogP contribution in [0.2, 0.25) is 0 Å². The van der Waals surface area contributed by atoms with Crippen molar-refractivity contribution >= 4 is 22.4 Å². The predicted molar refractivity (Wildman–Crippen MR) is 80.2 cm³/mol. The fraction of sp³-hybridized carbons (Fsp3) is 0.214. The Labute approximate surface area is 121 Å². The molecule has 2 heterocycles. The number of nitrogens with two attached hydrogens (primary N) is 1. The lowest BCUT2D eigenvalue weighted by molar-refractivity contribution is 0.558. The van der Waals surface area contributed by atoms with Crippen LogP contribution in [0.25, 0.3) is 10.9 Å². The second-order valence-electron chi connectivity index (χ2n) is 4.63. The van der Waals surface area contributed by atoms with Gasteiger partial charge in [-0.3, -0.25) is 16.3 Å². The lowest BCUT2D eigenvalue weighted by Gasteiger charge is -2.15. The normalized spacial score (nSPS) is 12.7. The van der Waals surface area contributed by atoms with Gasteiger partial charge in [0.2, 0.25) is 0 Å². The standard InChI is InChI=1S/C14H15N5S/c1-9-14(20-19-18-9)13(17-15)8-10-6-7-16-12-5-3-2-4-11(10)12/h2-7,13,17H,8,15H2,1H3. The van der Waals surface area contributed by atoms with E-state index in [1.807, 2.05) is 37.4 Å². The number of rotatable bonds is 4. The first kappa shape index (κ1) is 13.1. The fourth-order valence-electron chi connectivity index (χ4n) is 2.34. The molecule has 3 aromatic rings. The van der Waals surface area contributed by atoms with Crippen LogP contribution in [0, 0.1) is 6.92 Å². The van der Waals surface area contributed by atoms with Gasteiger partial charge in [-0.2, -0.15) is 0 Å². The van der Waals surface area contributed by atoms with Crippen LogP contribution >= 0.6 is 11.5 Å². The van der Waals surface area contributed by atoms with Crippen LogP contribution in [0.3, 0.4) is 0 Å². The van der Waals surface area contributed by atoms with Crippen molar-refractivity contribution in [1.82, 2.24) is 20.0 Å². The molecule has 1 unspecified atom stereocenters. The van der Waals surface area contributed by atoms with Crippen LogP contribution in [0.5, 0.6) is 0 Å². The molecule has 0 saturated heterocycles. The van der Waals surface area contributed by atoms with Crippen LogP contribution in [0.1, 0.15) is 22.2 Å². The largest absolute Gasteiger partial charge is 0.271 e. The van der Waals surface area contributed by atoms with Gasteiger partial charge in [0.1, 0.15) is 0 Å². The van der Waals surface area contributed by atoms with Gasteiger partial charge in [0.05, 0.1) is 22.1 Å². The number of benzene rings is 1. The highest BCUT2D eigenvalue weighted by atomic mass is 32.1. The van der Waals surface area contributed by atoms with Gasteiger partial charge < -0.3 is 0 Å². The summed E-state index contributed by atoms with van der Waals surface area (Å²) >= 11 is 1.39. The molecule has 3 rings (SSSR count). The average Bonchev–Trinajstić information content (AvgIpc) is 2.91. The van der Waals surface area contributed by atoms with Crippen molar-refractivity contribution in [2.75, 3.05) is 0 Å². The third-order valence-electron chi connectivity index (χ3n) is 3.37. The molecule has 20 heavy (non-hydrogen) atoms. The summed E-state index contributed by atoms with van der Waals surface area (Å²) < 4.78 is 3.98. The maximum Gasteiger partial charge on any atom is 0.0773 e. The fourth-order valence-corrected chi connectivity index (χ4v) is 3.04. The Morgan fingerprint density at radius 3 is 2.90 bits per heavy atom. The molecule has 0 fully saturated rings. The first-order valence-corrected chi connectivity index (χ1v) is 7.14. The maximum atomic E-state index is 5.71. The molecular weight excluding hydrogens is 270 g/mol. The molecule has 0 amide bonds. The molecule has 0 bridgehead atoms. The van der Waals surface area contributed by atoms with E-state index in [1.54, 1.807) is 0 Å². The number of nitrogens with zero attached hydrogens (tertiary/aromatic N) is 3. The molecule has 6 heteroatoms. The molecule has 0 aliphatic heterocycles. The second kappa shape index (κ2) is 5.62. The Bertz CT molecular complexity index is 719. The van der Waals surface area contributed by atoms with Gasteiger partial charge >= 0.3 is 0 Å². The van der Waals surface area contributed by atoms with E-state index in [4.69, 9.17) is 5.84 Å². The minimum absolute atomic E-state index is 0.0146. The van der Waals surface area contributed by atoms with Gasteiger partial charge in [0.15, 0.2) is 0 Å². The number of pyridine rings is 1. The molecule has 3 N–H and O–H groups in total. The van der Waals surface area contributed by atoms with Gasteiger partial charge in [0, 0.05) is 11.6 Å². The molecule has 0 spiro atoms. The van der Waals surface area contributed by atoms with Crippen molar-refractivity contribution in [3.8, 4) is 0 Å². The van der Waals surface area contributed by atoms with E-state index in [1.165, 1.54) is 17.1 Å². The highest BCUT2D eigenvalue weighted by Gasteiger charge is 2.17. The average molecular weight is 285 g/mol. The van der Waals surface area contributed by atoms with Crippen molar-refractivity contribution in [2.45, 2.75) is 19.4 Å². The monoisotopic (exact) mass is 285 g/mol. The lowest BCUT2D eigenvalue weighted by Crippen LogP contribution is -2.29. The van der Waals surface area contributed by atoms with E-state index >= 15 is 0 Å². The van der Waals surface area contributed by atoms with Crippen LogP contribution in [0.4, 0.5) is 0 Å². The van der Waals surface area contributed by atoms with E-state index in [2.05, 4.69) is 26.1 Å². The number of hydrogen-bond acceptors (Lipinski definition) is 6. The van der Waals surface area contributed by atoms with Crippen molar-refractivity contribution < 1.29 is 0 Å². The third kappa shape index (κ3) is 2.40. The van der Waals surface area contributed by atoms with Gasteiger partial charge in [-0.15, -0.1) is 5.10 Å². The summed E-state index contributed by atoms with van der Waals surface area (Å²) in [5, 5.41) is 5.21. The number of fused-ring (bicyclic) bond motifs is 1. The van der Waals surface area contributed by atoms with E-state index in [9.17, 15) is 0 Å². The number of aromatic nitrogens is 3. The van der Waals surface area contributed by atoms with Gasteiger partial charge in [-0.25, -0.2) is 0 Å². The molecule has 0 radical (unpaired) electrons. The summed E-state index contributed by atoms with van der Waals surface area (Å²) in [6, 6.07) is 10.2. The zero-order valence-electron chi connectivity index (χ0n) is 11.1. The van der Waals surface area contributed by atoms with Crippen LogP contribution in [-0.2, 0) is 6.42 Å². The van der Waals surface area contributed by atoms with Gasteiger partial charge in [-0.1, -0.05) is 22.7 Å². The molecule has 2 aromatic heterocycles. The summed E-state index contributed by atoms with van der Waals surface area (Å²) in [7, 11) is 0. The van der Waals surface area contributed by atoms with Crippen molar-refractivity contribution in [2.24, 2.45) is 5.84 Å². The Kier molecular flexibility index (Phi) is 3.68. The lowest BCUT2D eigenvalue weighted by atomic mass is 10.0. The summed E-state index contributed by atoms with van der Waals surface area (Å²) in [4.78, 5) is 5.46. The molecule has 5 nitrogen and oxygen atoms in total. The maximum absolute atomic E-state index is 5.71. The van der Waals surface area contributed by atoms with Crippen molar-refractivity contribution in [1.29, 1.82) is 0 Å². The Morgan fingerprint density at radius 2 is 2.15 bits per heavy atom. The number of aryl methyl sites for hydroxylation is 1. The number of hydrazine groups is 1. The quantitative estimate of drug-likeness (QED) is 0.567. The van der Waals surface area contributed by atoms with Crippen molar-refractivity contribution in [3.05, 3.63) is 52.7 Å². The zero-order valence-corrected chi connectivity index (χ0v) is 11.9. The summed E-state index contributed by atoms with van der Waals surface area (Å²) in [5.74, 6) is 5.71. The topological polar surface area (TPSA) is 76.7 Å². The third-order valence-corrected chi connectivity index (χ3v) is 4.31. The molecular formula is C14H15N5S. The minimum Gasteiger partial charge on any atom is -0.271 e. The summed E-state index contributed by atoms with van der Waals surface area (Å²) in [6.45, 7) is 1.95. The first-order chi connectivity index (χ1) is 9.79. The van der Waals surface area contributed by atoms with Crippen LogP contribution in [-0.4, -0.2) is 14.6 Å². The highest BCUT2D eigenvalue weighted by Crippen LogP contribution is 2.26. The smallest absolute Gasteiger partial charge is 0.0773 e. The number of para-hydroxylation sites is 1. The van der Waals surface area contributed by atoms with E-state index in [-0.39, 0.29) is 6.04 Å². The summed E-state index contributed by atoms with van der Waals surface area (Å²) in [6.07, 6.45) is 2.62. The number of nitrogens with one attached hydrogen (secondary N) is 1. The molecule has 0 aliphatic rings. The number of hydrogen-bond donors (Lipinski definition) is 2.